The fourth-order valence-electron chi connectivity index (χ4n) is 2.13. The molecule has 15 heteroatoms. The molecule has 0 aliphatic rings. The van der Waals surface area contributed by atoms with Gasteiger partial charge in [-0.25, -0.2) is 9.59 Å². The third-order valence-corrected chi connectivity index (χ3v) is 5.46. The molecule has 34 heavy (non-hydrogen) atoms. The van der Waals surface area contributed by atoms with Crippen LogP contribution >= 0.6 is 15.9 Å². The number of carbonyl (C=O) groups is 4. The number of hydrogen-bond donors (Lipinski definition) is 5. The highest BCUT2D eigenvalue weighted by Gasteiger charge is 2.32. The number of nitrogens with two attached hydrogens (primary N) is 1. The smallest absolute Gasteiger partial charge is 0.481 e. The minimum Gasteiger partial charge on any atom is -0.481 e. The van der Waals surface area contributed by atoms with Crippen LogP contribution in [0.4, 0.5) is 23.7 Å². The first-order valence-corrected chi connectivity index (χ1v) is 10.4. The second kappa shape index (κ2) is 14.0. The molecule has 0 unspecified atom stereocenters. The number of hydrogen-bond acceptors (Lipinski definition) is 7. The van der Waals surface area contributed by atoms with Gasteiger partial charge in [-0.15, -0.1) is 13.2 Å². The first-order valence-electron chi connectivity index (χ1n) is 9.56. The highest BCUT2D eigenvalue weighted by Crippen LogP contribution is 2.26. The van der Waals surface area contributed by atoms with Crippen LogP contribution in [-0.4, -0.2) is 50.5 Å². The summed E-state index contributed by atoms with van der Waals surface area (Å²) in [5.74, 6) is -3.51. The number of aliphatic carboxylic acids is 2. The van der Waals surface area contributed by atoms with Crippen LogP contribution < -0.4 is 21.2 Å². The number of hydrazone groups is 1. The normalized spacial score (nSPS) is 11.5. The third kappa shape index (κ3) is 12.6. The summed E-state index contributed by atoms with van der Waals surface area (Å²) in [6.07, 6.45) is -4.40. The van der Waals surface area contributed by atoms with Gasteiger partial charge in [-0.1, -0.05) is 35.8 Å². The Hall–Kier alpha value is -3.36. The zero-order valence-corrected chi connectivity index (χ0v) is 19.7. The predicted octanol–water partition coefficient (Wildman–Crippen LogP) is 3.44. The maximum absolute atomic E-state index is 12.1. The summed E-state index contributed by atoms with van der Waals surface area (Å²) in [5, 5.41) is 22.8. The molecule has 0 heterocycles. The molecule has 0 aliphatic heterocycles. The average molecular weight is 557 g/mol. The number of amides is 3. The number of benzene rings is 1. The van der Waals surface area contributed by atoms with E-state index in [-0.39, 0.29) is 18.0 Å². The fourth-order valence-corrected chi connectivity index (χ4v) is 2.22. The van der Waals surface area contributed by atoms with Crippen LogP contribution in [0.3, 0.4) is 0 Å². The summed E-state index contributed by atoms with van der Waals surface area (Å²) in [4.78, 5) is 42.9. The molecule has 0 saturated carbocycles. The number of halogens is 4. The molecule has 0 aromatic heterocycles. The number of urea groups is 1. The Balaban J connectivity index is 0.000000770. The SMILES string of the molecule is CCC(Br)(CC)C(=O)NC(N)=O.O=C(O)CC/C(=N\Nc1cccc(OC(F)(F)F)c1)C(=O)O. The number of imide groups is 1. The molecule has 3 amide bonds. The number of alkyl halides is 4. The lowest BCUT2D eigenvalue weighted by molar-refractivity contribution is -0.274. The first kappa shape index (κ1) is 30.6. The van der Waals surface area contributed by atoms with E-state index < -0.39 is 46.5 Å². The lowest BCUT2D eigenvalue weighted by atomic mass is 10.0. The molecule has 1 rings (SSSR count). The zero-order valence-electron chi connectivity index (χ0n) is 18.1. The van der Waals surface area contributed by atoms with Gasteiger partial charge >= 0.3 is 24.3 Å². The van der Waals surface area contributed by atoms with Crippen LogP contribution in [-0.2, 0) is 14.4 Å². The molecule has 190 valence electrons. The van der Waals surface area contributed by atoms with Gasteiger partial charge in [0.25, 0.3) is 0 Å². The van der Waals surface area contributed by atoms with Crippen molar-refractivity contribution in [2.45, 2.75) is 50.2 Å². The summed E-state index contributed by atoms with van der Waals surface area (Å²) < 4.78 is 39.2. The number of ether oxygens (including phenoxy) is 1. The van der Waals surface area contributed by atoms with E-state index in [9.17, 15) is 32.3 Å². The van der Waals surface area contributed by atoms with Gasteiger partial charge in [0.15, 0.2) is 0 Å². The molecule has 1 aromatic carbocycles. The number of carbonyl (C=O) groups excluding carboxylic acids is 2. The van der Waals surface area contributed by atoms with Crippen molar-refractivity contribution in [3.63, 3.8) is 0 Å². The molecular weight excluding hydrogens is 533 g/mol. The Bertz CT molecular complexity index is 906. The summed E-state index contributed by atoms with van der Waals surface area (Å²) in [6, 6.07) is 3.80. The van der Waals surface area contributed by atoms with Gasteiger partial charge in [0.05, 0.1) is 12.1 Å². The van der Waals surface area contributed by atoms with Crippen LogP contribution in [0.1, 0.15) is 39.5 Å². The van der Waals surface area contributed by atoms with Crippen molar-refractivity contribution >= 4 is 51.2 Å². The Morgan fingerprint density at radius 1 is 1.12 bits per heavy atom. The molecule has 6 N–H and O–H groups in total. The largest absolute Gasteiger partial charge is 0.573 e. The van der Waals surface area contributed by atoms with Gasteiger partial charge in [0, 0.05) is 12.5 Å². The van der Waals surface area contributed by atoms with Crippen molar-refractivity contribution in [2.75, 3.05) is 5.43 Å². The summed E-state index contributed by atoms with van der Waals surface area (Å²) in [5.41, 5.74) is 6.63. The van der Waals surface area contributed by atoms with Crippen molar-refractivity contribution in [3.8, 4) is 5.75 Å². The van der Waals surface area contributed by atoms with Crippen LogP contribution in [0.2, 0.25) is 0 Å². The summed E-state index contributed by atoms with van der Waals surface area (Å²) in [6.45, 7) is 3.72. The van der Waals surface area contributed by atoms with E-state index in [1.165, 1.54) is 12.1 Å². The molecule has 0 bridgehead atoms. The molecule has 0 aliphatic carbocycles. The van der Waals surface area contributed by atoms with E-state index in [0.717, 1.165) is 12.1 Å². The van der Waals surface area contributed by atoms with Gasteiger partial charge in [-0.3, -0.25) is 20.3 Å². The first-order chi connectivity index (χ1) is 15.6. The van der Waals surface area contributed by atoms with Crippen LogP contribution in [0.25, 0.3) is 0 Å². The second-order valence-corrected chi connectivity index (χ2v) is 7.95. The third-order valence-electron chi connectivity index (χ3n) is 3.97. The number of nitrogens with one attached hydrogen (secondary N) is 2. The number of carboxylic acids is 2. The van der Waals surface area contributed by atoms with Gasteiger partial charge < -0.3 is 20.7 Å². The lowest BCUT2D eigenvalue weighted by Gasteiger charge is -2.21. The topological polar surface area (TPSA) is 180 Å². The van der Waals surface area contributed by atoms with E-state index >= 15 is 0 Å². The lowest BCUT2D eigenvalue weighted by Crippen LogP contribution is -2.46. The molecule has 0 atom stereocenters. The van der Waals surface area contributed by atoms with Crippen LogP contribution in [0.15, 0.2) is 29.4 Å². The van der Waals surface area contributed by atoms with Crippen molar-refractivity contribution in [1.82, 2.24) is 5.32 Å². The minimum absolute atomic E-state index is 0.0517. The van der Waals surface area contributed by atoms with Crippen molar-refractivity contribution < 1.29 is 47.3 Å². The maximum Gasteiger partial charge on any atom is 0.573 e. The molecule has 0 spiro atoms. The number of carboxylic acid groups (broad SMARTS) is 2. The van der Waals surface area contributed by atoms with Crippen LogP contribution in [0.5, 0.6) is 5.75 Å². The minimum atomic E-state index is -4.85. The van der Waals surface area contributed by atoms with Gasteiger partial charge in [0.2, 0.25) is 5.91 Å². The number of anilines is 1. The number of nitrogens with zero attached hydrogens (tertiary/aromatic N) is 1. The maximum atomic E-state index is 12.1. The van der Waals surface area contributed by atoms with Crippen molar-refractivity contribution in [1.29, 1.82) is 0 Å². The number of primary amides is 1. The van der Waals surface area contributed by atoms with Gasteiger partial charge in [0.1, 0.15) is 15.8 Å². The van der Waals surface area contributed by atoms with Crippen molar-refractivity contribution in [3.05, 3.63) is 24.3 Å². The molecular formula is C19H24BrF3N4O7. The average Bonchev–Trinajstić information content (AvgIpc) is 2.71. The standard InChI is InChI=1S/C12H11F3N2O5.C7H13BrN2O2/c13-12(14,15)22-8-3-1-2-7(6-8)16-17-9(11(20)21)4-5-10(18)19;1-3-7(8,4-2)5(11)10-6(9)12/h1-3,6,16H,4-5H2,(H,18,19)(H,20,21);3-4H2,1-2H3,(H3,9,10,11,12)/b17-9+;. The van der Waals surface area contributed by atoms with E-state index in [1.807, 2.05) is 19.2 Å². The van der Waals surface area contributed by atoms with E-state index in [4.69, 9.17) is 15.9 Å². The molecule has 0 fully saturated rings. The highest BCUT2D eigenvalue weighted by atomic mass is 79.9. The van der Waals surface area contributed by atoms with Gasteiger partial charge in [-0.05, 0) is 25.0 Å². The quantitative estimate of drug-likeness (QED) is 0.165. The highest BCUT2D eigenvalue weighted by molar-refractivity contribution is 9.10. The molecule has 0 saturated heterocycles. The number of rotatable bonds is 10. The molecule has 1 aromatic rings. The van der Waals surface area contributed by atoms with E-state index in [0.29, 0.717) is 12.8 Å². The zero-order chi connectivity index (χ0) is 26.5. The van der Waals surface area contributed by atoms with Crippen LogP contribution in [0, 0.1) is 0 Å². The fraction of sp³-hybridized carbons (Fsp3) is 0.421. The van der Waals surface area contributed by atoms with E-state index in [1.54, 1.807) is 0 Å². The summed E-state index contributed by atoms with van der Waals surface area (Å²) in [7, 11) is 0. The Kier molecular flexibility index (Phi) is 12.6. The second-order valence-electron chi connectivity index (χ2n) is 6.44. The predicted molar refractivity (Wildman–Crippen MR) is 119 cm³/mol. The van der Waals surface area contributed by atoms with Crippen molar-refractivity contribution in [2.24, 2.45) is 10.8 Å². The molecule has 0 radical (unpaired) electrons. The molecule has 11 nitrogen and oxygen atoms in total. The van der Waals surface area contributed by atoms with Gasteiger partial charge in [-0.2, -0.15) is 5.10 Å². The monoisotopic (exact) mass is 556 g/mol. The Morgan fingerprint density at radius 2 is 1.71 bits per heavy atom. The van der Waals surface area contributed by atoms with E-state index in [2.05, 4.69) is 31.2 Å². The Morgan fingerprint density at radius 3 is 2.15 bits per heavy atom. The Labute approximate surface area is 200 Å². The summed E-state index contributed by atoms with van der Waals surface area (Å²) >= 11 is 3.26.